The topological polar surface area (TPSA) is 59.2 Å². The van der Waals surface area contributed by atoms with E-state index in [9.17, 15) is 13.6 Å². The maximum atomic E-state index is 13.5. The van der Waals surface area contributed by atoms with Crippen LogP contribution in [0.1, 0.15) is 44.6 Å². The fraction of sp³-hybridized carbons (Fsp3) is 0.318. The van der Waals surface area contributed by atoms with E-state index in [2.05, 4.69) is 30.9 Å². The molecule has 1 amide bonds. The standard InChI is InChI=1S/C22H21F2N3O2/c1-22(2,3)15-6-4-13(5-7-15)20-25-21(29-26-20)14-10-19(28)27(12-14)16-8-9-17(23)18(24)11-16/h4-9,11,14H,10,12H2,1-3H3. The molecular formula is C22H21F2N3O2. The highest BCUT2D eigenvalue weighted by atomic mass is 19.2. The van der Waals surface area contributed by atoms with E-state index >= 15 is 0 Å². The fourth-order valence-corrected chi connectivity index (χ4v) is 3.41. The lowest BCUT2D eigenvalue weighted by Crippen LogP contribution is -2.24. The van der Waals surface area contributed by atoms with Gasteiger partial charge in [0.25, 0.3) is 0 Å². The van der Waals surface area contributed by atoms with E-state index < -0.39 is 11.6 Å². The van der Waals surface area contributed by atoms with E-state index in [1.54, 1.807) is 0 Å². The smallest absolute Gasteiger partial charge is 0.232 e. The lowest BCUT2D eigenvalue weighted by atomic mass is 9.87. The molecule has 1 aliphatic heterocycles. The largest absolute Gasteiger partial charge is 0.339 e. The molecule has 2 heterocycles. The van der Waals surface area contributed by atoms with Crippen molar-refractivity contribution in [2.45, 2.75) is 38.5 Å². The molecule has 4 rings (SSSR count). The van der Waals surface area contributed by atoms with E-state index in [-0.39, 0.29) is 30.2 Å². The van der Waals surface area contributed by atoms with Gasteiger partial charge in [-0.2, -0.15) is 4.98 Å². The third-order valence-electron chi connectivity index (χ3n) is 5.14. The van der Waals surface area contributed by atoms with Crippen LogP contribution in [0.2, 0.25) is 0 Å². The van der Waals surface area contributed by atoms with E-state index in [1.165, 1.54) is 16.5 Å². The van der Waals surface area contributed by atoms with Gasteiger partial charge in [-0.3, -0.25) is 4.79 Å². The fourth-order valence-electron chi connectivity index (χ4n) is 3.41. The van der Waals surface area contributed by atoms with Crippen LogP contribution in [0.3, 0.4) is 0 Å². The zero-order chi connectivity index (χ0) is 20.8. The number of hydrogen-bond donors (Lipinski definition) is 0. The van der Waals surface area contributed by atoms with E-state index in [4.69, 9.17) is 4.52 Å². The summed E-state index contributed by atoms with van der Waals surface area (Å²) in [6.07, 6.45) is 0.170. The van der Waals surface area contributed by atoms with Gasteiger partial charge in [0.1, 0.15) is 0 Å². The Morgan fingerprint density at radius 2 is 1.79 bits per heavy atom. The zero-order valence-electron chi connectivity index (χ0n) is 16.4. The van der Waals surface area contributed by atoms with Crippen molar-refractivity contribution in [3.05, 3.63) is 65.6 Å². The molecule has 1 unspecified atom stereocenters. The monoisotopic (exact) mass is 397 g/mol. The molecule has 29 heavy (non-hydrogen) atoms. The van der Waals surface area contributed by atoms with Crippen molar-refractivity contribution in [3.63, 3.8) is 0 Å². The number of rotatable bonds is 3. The highest BCUT2D eigenvalue weighted by molar-refractivity contribution is 5.96. The number of aromatic nitrogens is 2. The summed E-state index contributed by atoms with van der Waals surface area (Å²) >= 11 is 0. The predicted molar refractivity (Wildman–Crippen MR) is 105 cm³/mol. The molecule has 1 fully saturated rings. The average Bonchev–Trinajstić information content (AvgIpc) is 3.30. The molecule has 0 spiro atoms. The van der Waals surface area contributed by atoms with Gasteiger partial charge in [-0.15, -0.1) is 0 Å². The Bertz CT molecular complexity index is 1050. The number of benzene rings is 2. The van der Waals surface area contributed by atoms with Crippen molar-refractivity contribution in [1.29, 1.82) is 0 Å². The van der Waals surface area contributed by atoms with E-state index in [0.29, 0.717) is 17.4 Å². The first-order valence-electron chi connectivity index (χ1n) is 9.42. The summed E-state index contributed by atoms with van der Waals surface area (Å²) in [6.45, 7) is 6.70. The summed E-state index contributed by atoms with van der Waals surface area (Å²) in [7, 11) is 0. The summed E-state index contributed by atoms with van der Waals surface area (Å²) in [5, 5.41) is 4.05. The van der Waals surface area contributed by atoms with Crippen LogP contribution in [0, 0.1) is 11.6 Å². The Morgan fingerprint density at radius 1 is 1.07 bits per heavy atom. The van der Waals surface area contributed by atoms with Crippen molar-refractivity contribution in [2.75, 3.05) is 11.4 Å². The van der Waals surface area contributed by atoms with E-state index in [1.807, 2.05) is 24.3 Å². The van der Waals surface area contributed by atoms with Gasteiger partial charge in [0, 0.05) is 30.3 Å². The highest BCUT2D eigenvalue weighted by Gasteiger charge is 2.35. The van der Waals surface area contributed by atoms with Gasteiger partial charge in [0.2, 0.25) is 17.6 Å². The lowest BCUT2D eigenvalue weighted by Gasteiger charge is -2.18. The molecular weight excluding hydrogens is 376 g/mol. The van der Waals surface area contributed by atoms with Gasteiger partial charge in [-0.1, -0.05) is 50.2 Å². The number of carbonyl (C=O) groups is 1. The van der Waals surface area contributed by atoms with Crippen LogP contribution in [0.15, 0.2) is 47.0 Å². The maximum absolute atomic E-state index is 13.5. The molecule has 1 aliphatic rings. The summed E-state index contributed by atoms with van der Waals surface area (Å²) in [5.74, 6) is -1.62. The second kappa shape index (κ2) is 7.06. The van der Waals surface area contributed by atoms with Crippen molar-refractivity contribution < 1.29 is 18.1 Å². The molecule has 0 radical (unpaired) electrons. The van der Waals surface area contributed by atoms with Gasteiger partial charge >= 0.3 is 0 Å². The number of anilines is 1. The van der Waals surface area contributed by atoms with Gasteiger partial charge in [0.05, 0.1) is 5.92 Å². The van der Waals surface area contributed by atoms with Crippen molar-refractivity contribution >= 4 is 11.6 Å². The molecule has 0 N–H and O–H groups in total. The van der Waals surface area contributed by atoms with Crippen molar-refractivity contribution in [1.82, 2.24) is 10.1 Å². The van der Waals surface area contributed by atoms with Gasteiger partial charge in [-0.05, 0) is 23.1 Å². The first kappa shape index (κ1) is 19.2. The Hall–Kier alpha value is -3.09. The van der Waals surface area contributed by atoms with Crippen LogP contribution in [0.5, 0.6) is 0 Å². The van der Waals surface area contributed by atoms with E-state index in [0.717, 1.165) is 17.7 Å². The Balaban J connectivity index is 1.52. The van der Waals surface area contributed by atoms with Gasteiger partial charge < -0.3 is 9.42 Å². The summed E-state index contributed by atoms with van der Waals surface area (Å²) in [4.78, 5) is 18.3. The summed E-state index contributed by atoms with van der Waals surface area (Å²) in [5.41, 5.74) is 2.39. The molecule has 0 aliphatic carbocycles. The van der Waals surface area contributed by atoms with Gasteiger partial charge in [-0.25, -0.2) is 8.78 Å². The van der Waals surface area contributed by atoms with Crippen molar-refractivity contribution in [3.8, 4) is 11.4 Å². The normalized spacial score (nSPS) is 17.2. The maximum Gasteiger partial charge on any atom is 0.232 e. The average molecular weight is 397 g/mol. The van der Waals surface area contributed by atoms with Gasteiger partial charge in [0.15, 0.2) is 11.6 Å². The minimum absolute atomic E-state index is 0.0500. The van der Waals surface area contributed by atoms with Crippen molar-refractivity contribution in [2.24, 2.45) is 0 Å². The number of carbonyl (C=O) groups excluding carboxylic acids is 1. The third-order valence-corrected chi connectivity index (χ3v) is 5.14. The molecule has 0 saturated carbocycles. The highest BCUT2D eigenvalue weighted by Crippen LogP contribution is 2.33. The molecule has 1 aromatic heterocycles. The third kappa shape index (κ3) is 3.77. The molecule has 1 atom stereocenters. The van der Waals surface area contributed by atoms with Crippen LogP contribution in [-0.2, 0) is 10.2 Å². The van der Waals surface area contributed by atoms with Crippen LogP contribution in [-0.4, -0.2) is 22.6 Å². The molecule has 1 saturated heterocycles. The second-order valence-corrected chi connectivity index (χ2v) is 8.29. The molecule has 2 aromatic carbocycles. The minimum Gasteiger partial charge on any atom is -0.339 e. The predicted octanol–water partition coefficient (Wildman–Crippen LogP) is 4.83. The zero-order valence-corrected chi connectivity index (χ0v) is 16.4. The van der Waals surface area contributed by atoms with Crippen LogP contribution in [0.4, 0.5) is 14.5 Å². The Labute approximate surface area is 167 Å². The lowest BCUT2D eigenvalue weighted by molar-refractivity contribution is -0.117. The number of halogens is 2. The first-order chi connectivity index (χ1) is 13.7. The number of amides is 1. The number of nitrogens with zero attached hydrogens (tertiary/aromatic N) is 3. The SMILES string of the molecule is CC(C)(C)c1ccc(-c2noc(C3CC(=O)N(c4ccc(F)c(F)c4)C3)n2)cc1. The van der Waals surface area contributed by atoms with Crippen LogP contribution >= 0.6 is 0 Å². The molecule has 0 bridgehead atoms. The first-order valence-corrected chi connectivity index (χ1v) is 9.42. The quantitative estimate of drug-likeness (QED) is 0.635. The summed E-state index contributed by atoms with van der Waals surface area (Å²) in [6, 6.07) is 11.4. The Kier molecular flexibility index (Phi) is 4.68. The molecule has 7 heteroatoms. The second-order valence-electron chi connectivity index (χ2n) is 8.29. The molecule has 5 nitrogen and oxygen atoms in total. The molecule has 3 aromatic rings. The summed E-state index contributed by atoms with van der Waals surface area (Å²) < 4.78 is 32.1. The van der Waals surface area contributed by atoms with Crippen LogP contribution < -0.4 is 4.90 Å². The molecule has 150 valence electrons. The van der Waals surface area contributed by atoms with Crippen LogP contribution in [0.25, 0.3) is 11.4 Å². The minimum atomic E-state index is -0.988. The number of hydrogen-bond acceptors (Lipinski definition) is 4. The Morgan fingerprint density at radius 3 is 2.45 bits per heavy atom.